The van der Waals surface area contributed by atoms with Crippen molar-refractivity contribution < 1.29 is 18.7 Å². The Morgan fingerprint density at radius 2 is 1.86 bits per heavy atom. The van der Waals surface area contributed by atoms with E-state index < -0.39 is 5.91 Å². The minimum Gasteiger partial charge on any atom is -0.484 e. The molecule has 146 valence electrons. The molecule has 0 saturated carbocycles. The fourth-order valence-corrected chi connectivity index (χ4v) is 3.30. The fraction of sp³-hybridized carbons (Fsp3) is 0.182. The van der Waals surface area contributed by atoms with E-state index in [0.29, 0.717) is 29.8 Å². The Hall–Kier alpha value is -3.61. The summed E-state index contributed by atoms with van der Waals surface area (Å²) in [6.07, 6.45) is 2.27. The molecule has 1 atom stereocenters. The first-order valence-electron chi connectivity index (χ1n) is 9.21. The van der Waals surface area contributed by atoms with E-state index in [2.05, 4.69) is 15.3 Å². The lowest BCUT2D eigenvalue weighted by molar-refractivity contribution is -0.118. The average Bonchev–Trinajstić information content (AvgIpc) is 2.73. The van der Waals surface area contributed by atoms with Crippen molar-refractivity contribution in [3.63, 3.8) is 0 Å². The highest BCUT2D eigenvalue weighted by molar-refractivity contribution is 5.99. The van der Waals surface area contributed by atoms with Crippen LogP contribution in [0.1, 0.15) is 34.0 Å². The van der Waals surface area contributed by atoms with Crippen LogP contribution in [0.25, 0.3) is 0 Å². The number of nitrogens with one attached hydrogen (secondary N) is 1. The van der Waals surface area contributed by atoms with Crippen molar-refractivity contribution in [1.29, 1.82) is 0 Å². The third-order valence-corrected chi connectivity index (χ3v) is 4.75. The molecule has 1 heterocycles. The second-order valence-corrected chi connectivity index (χ2v) is 6.78. The number of fused-ring (bicyclic) bond motifs is 1. The topological polar surface area (TPSA) is 81.2 Å². The Labute approximate surface area is 166 Å². The summed E-state index contributed by atoms with van der Waals surface area (Å²) in [4.78, 5) is 33.0. The molecule has 29 heavy (non-hydrogen) atoms. The molecule has 0 aliphatic heterocycles. The molecule has 1 amide bonds. The van der Waals surface area contributed by atoms with E-state index in [4.69, 9.17) is 4.74 Å². The number of carbonyl (C=O) groups excluding carboxylic acids is 2. The highest BCUT2D eigenvalue weighted by Crippen LogP contribution is 2.32. The maximum Gasteiger partial charge on any atom is 0.264 e. The molecule has 0 bridgehead atoms. The van der Waals surface area contributed by atoms with E-state index in [9.17, 15) is 14.0 Å². The van der Waals surface area contributed by atoms with Crippen LogP contribution in [0.15, 0.2) is 60.8 Å². The fourth-order valence-electron chi connectivity index (χ4n) is 3.30. The van der Waals surface area contributed by atoms with E-state index >= 15 is 0 Å². The Morgan fingerprint density at radius 1 is 1.10 bits per heavy atom. The quantitative estimate of drug-likeness (QED) is 0.719. The van der Waals surface area contributed by atoms with Crippen LogP contribution in [0.4, 0.5) is 10.3 Å². The summed E-state index contributed by atoms with van der Waals surface area (Å²) in [6.45, 7) is -0.179. The van der Waals surface area contributed by atoms with Crippen molar-refractivity contribution in [3.05, 3.63) is 83.4 Å². The zero-order chi connectivity index (χ0) is 20.2. The minimum atomic E-state index is -0.397. The van der Waals surface area contributed by atoms with E-state index in [-0.39, 0.29) is 30.1 Å². The molecule has 7 heteroatoms. The number of amides is 1. The average molecular weight is 391 g/mol. The Bertz CT molecular complexity index is 1040. The van der Waals surface area contributed by atoms with Crippen molar-refractivity contribution in [3.8, 4) is 5.75 Å². The van der Waals surface area contributed by atoms with Crippen LogP contribution >= 0.6 is 0 Å². The van der Waals surface area contributed by atoms with Crippen molar-refractivity contribution in [2.75, 3.05) is 11.9 Å². The minimum absolute atomic E-state index is 0.0640. The van der Waals surface area contributed by atoms with Crippen LogP contribution < -0.4 is 10.1 Å². The summed E-state index contributed by atoms with van der Waals surface area (Å²) in [7, 11) is 0. The number of aromatic nitrogens is 2. The van der Waals surface area contributed by atoms with Gasteiger partial charge in [-0.25, -0.2) is 14.4 Å². The predicted molar refractivity (Wildman–Crippen MR) is 104 cm³/mol. The number of rotatable bonds is 5. The van der Waals surface area contributed by atoms with Crippen molar-refractivity contribution >= 4 is 17.6 Å². The van der Waals surface area contributed by atoms with Crippen molar-refractivity contribution in [2.24, 2.45) is 0 Å². The predicted octanol–water partition coefficient (Wildman–Crippen LogP) is 3.55. The molecule has 6 nitrogen and oxygen atoms in total. The monoisotopic (exact) mass is 391 g/mol. The zero-order valence-corrected chi connectivity index (χ0v) is 15.5. The molecule has 1 N–H and O–H groups in total. The van der Waals surface area contributed by atoms with Gasteiger partial charge in [-0.1, -0.05) is 30.3 Å². The largest absolute Gasteiger partial charge is 0.484 e. The van der Waals surface area contributed by atoms with Crippen LogP contribution in [0, 0.1) is 5.82 Å². The number of hydrogen-bond donors (Lipinski definition) is 1. The van der Waals surface area contributed by atoms with Gasteiger partial charge >= 0.3 is 0 Å². The molecule has 0 radical (unpaired) electrons. The Balaban J connectivity index is 1.45. The van der Waals surface area contributed by atoms with Gasteiger partial charge in [0.15, 0.2) is 12.4 Å². The molecule has 3 aromatic rings. The molecule has 0 spiro atoms. The molecule has 1 aliphatic carbocycles. The van der Waals surface area contributed by atoms with E-state index in [1.807, 2.05) is 18.2 Å². The maximum atomic E-state index is 13.2. The van der Waals surface area contributed by atoms with Crippen LogP contribution in [-0.2, 0) is 11.2 Å². The number of carbonyl (C=O) groups is 2. The normalized spacial score (nSPS) is 15.5. The van der Waals surface area contributed by atoms with Gasteiger partial charge in [-0.3, -0.25) is 14.9 Å². The first-order valence-corrected chi connectivity index (χ1v) is 9.21. The Morgan fingerprint density at radius 3 is 2.62 bits per heavy atom. The highest BCUT2D eigenvalue weighted by Gasteiger charge is 2.28. The number of anilines is 1. The first-order chi connectivity index (χ1) is 14.1. The van der Waals surface area contributed by atoms with Crippen molar-refractivity contribution in [1.82, 2.24) is 9.97 Å². The standard InChI is InChI=1S/C22H18FN3O3/c23-16-8-6-14(7-9-16)15-10-19-18(20(27)11-15)12-24-22(25-19)26-21(28)13-29-17-4-2-1-3-5-17/h1-9,12,15H,10-11,13H2,(H,24,25,26,28). The second kappa shape index (κ2) is 8.18. The van der Waals surface area contributed by atoms with Crippen LogP contribution in [0.3, 0.4) is 0 Å². The number of Topliss-reactive ketones (excluding diaryl/α,β-unsaturated/α-hetero) is 1. The number of para-hydroxylation sites is 1. The van der Waals surface area contributed by atoms with Crippen molar-refractivity contribution in [2.45, 2.75) is 18.8 Å². The van der Waals surface area contributed by atoms with E-state index in [0.717, 1.165) is 5.56 Å². The van der Waals surface area contributed by atoms with Crippen LogP contribution in [0.5, 0.6) is 5.75 Å². The van der Waals surface area contributed by atoms with Crippen LogP contribution in [0.2, 0.25) is 0 Å². The highest BCUT2D eigenvalue weighted by atomic mass is 19.1. The number of halogens is 1. The lowest BCUT2D eigenvalue weighted by Crippen LogP contribution is -2.24. The maximum absolute atomic E-state index is 13.2. The van der Waals surface area contributed by atoms with Gasteiger partial charge in [-0.15, -0.1) is 0 Å². The third-order valence-electron chi connectivity index (χ3n) is 4.75. The number of ketones is 1. The smallest absolute Gasteiger partial charge is 0.264 e. The molecule has 0 fully saturated rings. The van der Waals surface area contributed by atoms with Gasteiger partial charge in [-0.05, 0) is 42.2 Å². The lowest BCUT2D eigenvalue weighted by Gasteiger charge is -2.23. The zero-order valence-electron chi connectivity index (χ0n) is 15.5. The van der Waals surface area contributed by atoms with Gasteiger partial charge in [0.25, 0.3) is 5.91 Å². The Kier molecular flexibility index (Phi) is 5.29. The van der Waals surface area contributed by atoms with Gasteiger partial charge in [0, 0.05) is 12.6 Å². The van der Waals surface area contributed by atoms with E-state index in [1.165, 1.54) is 18.3 Å². The van der Waals surface area contributed by atoms with Gasteiger partial charge in [0.05, 0.1) is 11.3 Å². The molecule has 0 saturated heterocycles. The van der Waals surface area contributed by atoms with Crippen LogP contribution in [-0.4, -0.2) is 28.3 Å². The van der Waals surface area contributed by atoms with Gasteiger partial charge in [0.2, 0.25) is 5.95 Å². The van der Waals surface area contributed by atoms with E-state index in [1.54, 1.807) is 24.3 Å². The summed E-state index contributed by atoms with van der Waals surface area (Å²) in [5.74, 6) is -0.159. The molecule has 1 aromatic heterocycles. The molecular weight excluding hydrogens is 373 g/mol. The molecular formula is C22H18FN3O3. The number of nitrogens with zero attached hydrogens (tertiary/aromatic N) is 2. The number of benzene rings is 2. The molecule has 4 rings (SSSR count). The summed E-state index contributed by atoms with van der Waals surface area (Å²) in [6, 6.07) is 15.1. The second-order valence-electron chi connectivity index (χ2n) is 6.78. The summed E-state index contributed by atoms with van der Waals surface area (Å²) in [5.41, 5.74) is 1.91. The first kappa shape index (κ1) is 18.7. The van der Waals surface area contributed by atoms with Gasteiger partial charge in [0.1, 0.15) is 11.6 Å². The summed E-state index contributed by atoms with van der Waals surface area (Å²) >= 11 is 0. The SMILES string of the molecule is O=C(COc1ccccc1)Nc1ncc2c(n1)CC(c1ccc(F)cc1)CC2=O. The summed E-state index contributed by atoms with van der Waals surface area (Å²) in [5, 5.41) is 2.59. The molecule has 1 aliphatic rings. The third kappa shape index (κ3) is 4.45. The number of hydrogen-bond acceptors (Lipinski definition) is 5. The molecule has 2 aromatic carbocycles. The van der Waals surface area contributed by atoms with Gasteiger partial charge < -0.3 is 4.74 Å². The summed E-state index contributed by atoms with van der Waals surface area (Å²) < 4.78 is 18.6. The molecule has 1 unspecified atom stereocenters. The number of ether oxygens (including phenoxy) is 1. The lowest BCUT2D eigenvalue weighted by atomic mass is 9.82. The van der Waals surface area contributed by atoms with Gasteiger partial charge in [-0.2, -0.15) is 0 Å².